The van der Waals surface area contributed by atoms with Gasteiger partial charge in [-0.25, -0.2) is 13.2 Å². The van der Waals surface area contributed by atoms with Gasteiger partial charge in [0.25, 0.3) is 5.91 Å². The first-order chi connectivity index (χ1) is 17.1. The monoisotopic (exact) mass is 569 g/mol. The average molecular weight is 570 g/mol. The van der Waals surface area contributed by atoms with Crippen molar-refractivity contribution in [1.29, 1.82) is 0 Å². The van der Waals surface area contributed by atoms with Crippen molar-refractivity contribution in [3.63, 3.8) is 0 Å². The Kier molecular flexibility index (Phi) is 7.16. The Morgan fingerprint density at radius 3 is 2.33 bits per heavy atom. The van der Waals surface area contributed by atoms with Gasteiger partial charge >= 0.3 is 0 Å². The van der Waals surface area contributed by atoms with Crippen molar-refractivity contribution in [2.24, 2.45) is 0 Å². The molecule has 0 aliphatic heterocycles. The molecule has 1 N–H and O–H groups in total. The van der Waals surface area contributed by atoms with Gasteiger partial charge < -0.3 is 14.5 Å². The van der Waals surface area contributed by atoms with Crippen molar-refractivity contribution in [3.8, 4) is 5.75 Å². The van der Waals surface area contributed by atoms with Crippen LogP contribution in [0.2, 0.25) is 0 Å². The van der Waals surface area contributed by atoms with E-state index in [-0.39, 0.29) is 11.5 Å². The zero-order valence-electron chi connectivity index (χ0n) is 18.8. The highest BCUT2D eigenvalue weighted by Gasteiger charge is 2.27. The predicted octanol–water partition coefficient (Wildman–Crippen LogP) is 6.43. The minimum Gasteiger partial charge on any atom is -0.479 e. The number of rotatable bonds is 7. The highest BCUT2D eigenvalue weighted by Crippen LogP contribution is 2.30. The molecule has 1 amide bonds. The highest BCUT2D eigenvalue weighted by atomic mass is 79.9. The molecule has 0 spiro atoms. The van der Waals surface area contributed by atoms with Gasteiger partial charge in [-0.3, -0.25) is 9.48 Å². The molecule has 2 aromatic carbocycles. The van der Waals surface area contributed by atoms with Crippen LogP contribution in [-0.4, -0.2) is 15.7 Å². The topological polar surface area (TPSA) is 69.3 Å². The fourth-order valence-electron chi connectivity index (χ4n) is 3.37. The van der Waals surface area contributed by atoms with Crippen LogP contribution in [0.15, 0.2) is 45.3 Å². The molecule has 2 heterocycles. The number of nitrogens with zero attached hydrogens (tertiary/aromatic N) is 2. The number of hydrogen-bond donors (Lipinski definition) is 1. The van der Waals surface area contributed by atoms with Crippen molar-refractivity contribution in [1.82, 2.24) is 9.78 Å². The largest absolute Gasteiger partial charge is 0.479 e. The molecule has 0 fully saturated rings. The van der Waals surface area contributed by atoms with Crippen LogP contribution in [0.1, 0.15) is 33.3 Å². The maximum Gasteiger partial charge on any atom is 0.291 e. The SMILES string of the molecule is Cc1nn(Cc2cccc(NC(=O)c3ccc(COc4c(F)c(F)c(F)c(F)c4F)o3)c2)c(C)c1Br. The van der Waals surface area contributed by atoms with Crippen molar-refractivity contribution in [2.45, 2.75) is 27.0 Å². The molecule has 12 heteroatoms. The molecule has 0 saturated heterocycles. The lowest BCUT2D eigenvalue weighted by Crippen LogP contribution is -2.11. The van der Waals surface area contributed by atoms with E-state index in [2.05, 4.69) is 26.3 Å². The molecule has 4 aromatic rings. The average Bonchev–Trinajstić information content (AvgIpc) is 3.42. The summed E-state index contributed by atoms with van der Waals surface area (Å²) in [7, 11) is 0. The number of aryl methyl sites for hydroxylation is 1. The number of amides is 1. The Morgan fingerprint density at radius 1 is 1.03 bits per heavy atom. The quantitative estimate of drug-likeness (QED) is 0.158. The maximum atomic E-state index is 13.7. The van der Waals surface area contributed by atoms with Crippen LogP contribution in [0.25, 0.3) is 0 Å². The van der Waals surface area contributed by atoms with Crippen molar-refractivity contribution < 1.29 is 35.9 Å². The zero-order valence-corrected chi connectivity index (χ0v) is 20.4. The molecule has 0 aliphatic rings. The summed E-state index contributed by atoms with van der Waals surface area (Å²) in [5, 5.41) is 7.13. The third kappa shape index (κ3) is 4.99. The predicted molar refractivity (Wildman–Crippen MR) is 122 cm³/mol. The van der Waals surface area contributed by atoms with Gasteiger partial charge in [-0.05, 0) is 59.6 Å². The lowest BCUT2D eigenvalue weighted by atomic mass is 10.2. The van der Waals surface area contributed by atoms with Crippen LogP contribution in [0.5, 0.6) is 5.75 Å². The van der Waals surface area contributed by atoms with Crippen molar-refractivity contribution >= 4 is 27.5 Å². The van der Waals surface area contributed by atoms with Gasteiger partial charge in [0, 0.05) is 5.69 Å². The van der Waals surface area contributed by atoms with E-state index in [0.29, 0.717) is 12.2 Å². The van der Waals surface area contributed by atoms with Gasteiger partial charge in [0.1, 0.15) is 12.4 Å². The second-order valence-electron chi connectivity index (χ2n) is 7.75. The lowest BCUT2D eigenvalue weighted by Gasteiger charge is -2.09. The lowest BCUT2D eigenvalue weighted by molar-refractivity contribution is 0.0992. The van der Waals surface area contributed by atoms with Crippen LogP contribution in [0.3, 0.4) is 0 Å². The third-order valence-electron chi connectivity index (χ3n) is 5.22. The standard InChI is InChI=1S/C24H17BrF5N3O3/c1-11-17(25)12(2)33(32-11)9-13-4-3-5-14(8-13)31-24(34)16-7-6-15(36-16)10-35-23-21(29)19(27)18(26)20(28)22(23)30/h3-8H,9-10H2,1-2H3,(H,31,34). The van der Waals surface area contributed by atoms with Crippen LogP contribution in [0.4, 0.5) is 27.6 Å². The molecule has 0 atom stereocenters. The molecule has 36 heavy (non-hydrogen) atoms. The Balaban J connectivity index is 1.42. The molecule has 6 nitrogen and oxygen atoms in total. The summed E-state index contributed by atoms with van der Waals surface area (Å²) >= 11 is 3.48. The number of anilines is 1. The summed E-state index contributed by atoms with van der Waals surface area (Å²) in [6.07, 6.45) is 0. The van der Waals surface area contributed by atoms with E-state index in [1.54, 1.807) is 18.2 Å². The van der Waals surface area contributed by atoms with E-state index in [4.69, 9.17) is 9.15 Å². The van der Waals surface area contributed by atoms with Gasteiger partial charge in [0.15, 0.2) is 11.5 Å². The summed E-state index contributed by atoms with van der Waals surface area (Å²) in [6.45, 7) is 3.61. The first kappa shape index (κ1) is 25.4. The number of nitrogens with one attached hydrogen (secondary N) is 1. The summed E-state index contributed by atoms with van der Waals surface area (Å²) in [5.74, 6) is -13.1. The van der Waals surface area contributed by atoms with Gasteiger partial charge in [-0.15, -0.1) is 0 Å². The number of ether oxygens (including phenoxy) is 1. The summed E-state index contributed by atoms with van der Waals surface area (Å²) < 4.78 is 80.0. The van der Waals surface area contributed by atoms with Crippen LogP contribution >= 0.6 is 15.9 Å². The number of hydrogen-bond acceptors (Lipinski definition) is 4. The van der Waals surface area contributed by atoms with E-state index >= 15 is 0 Å². The maximum absolute atomic E-state index is 13.7. The second-order valence-corrected chi connectivity index (χ2v) is 8.54. The van der Waals surface area contributed by atoms with E-state index in [1.165, 1.54) is 12.1 Å². The molecular weight excluding hydrogens is 553 g/mol. The number of carbonyl (C=O) groups is 1. The Morgan fingerprint density at radius 2 is 1.69 bits per heavy atom. The molecule has 0 bridgehead atoms. The first-order valence-electron chi connectivity index (χ1n) is 10.4. The Hall–Kier alpha value is -3.67. The molecule has 0 radical (unpaired) electrons. The Labute approximate surface area is 209 Å². The smallest absolute Gasteiger partial charge is 0.291 e. The van der Waals surface area contributed by atoms with Crippen LogP contribution in [0, 0.1) is 42.9 Å². The number of furan rings is 1. The van der Waals surface area contributed by atoms with Gasteiger partial charge in [-0.1, -0.05) is 12.1 Å². The normalized spacial score (nSPS) is 11.1. The fourth-order valence-corrected chi connectivity index (χ4v) is 3.66. The molecule has 0 unspecified atom stereocenters. The van der Waals surface area contributed by atoms with Gasteiger partial charge in [0.2, 0.25) is 29.1 Å². The van der Waals surface area contributed by atoms with E-state index in [1.807, 2.05) is 24.6 Å². The highest BCUT2D eigenvalue weighted by molar-refractivity contribution is 9.10. The van der Waals surface area contributed by atoms with E-state index < -0.39 is 47.3 Å². The van der Waals surface area contributed by atoms with E-state index in [0.717, 1.165) is 21.4 Å². The summed E-state index contributed by atoms with van der Waals surface area (Å²) in [5.41, 5.74) is 3.17. The summed E-state index contributed by atoms with van der Waals surface area (Å²) in [6, 6.07) is 9.63. The van der Waals surface area contributed by atoms with Crippen LogP contribution in [-0.2, 0) is 13.2 Å². The first-order valence-corrected chi connectivity index (χ1v) is 11.2. The Bertz CT molecular complexity index is 1440. The van der Waals surface area contributed by atoms with Crippen LogP contribution < -0.4 is 10.1 Å². The molecule has 4 rings (SSSR count). The zero-order chi connectivity index (χ0) is 26.1. The van der Waals surface area contributed by atoms with Gasteiger partial charge in [0.05, 0.1) is 22.4 Å². The molecular formula is C24H17BrF5N3O3. The van der Waals surface area contributed by atoms with Gasteiger partial charge in [-0.2, -0.15) is 13.9 Å². The fraction of sp³-hybridized carbons (Fsp3) is 0.167. The minimum atomic E-state index is -2.29. The molecule has 0 saturated carbocycles. The molecule has 0 aliphatic carbocycles. The number of halogens is 6. The van der Waals surface area contributed by atoms with Crippen molar-refractivity contribution in [3.05, 3.63) is 98.4 Å². The number of carbonyl (C=O) groups excluding carboxylic acids is 1. The summed E-state index contributed by atoms with van der Waals surface area (Å²) in [4.78, 5) is 12.6. The van der Waals surface area contributed by atoms with E-state index in [9.17, 15) is 26.7 Å². The third-order valence-corrected chi connectivity index (χ3v) is 6.37. The second kappa shape index (κ2) is 10.1. The minimum absolute atomic E-state index is 0.0760. The molecule has 188 valence electrons. The number of aromatic nitrogens is 2. The molecule has 2 aromatic heterocycles. The number of benzene rings is 2. The van der Waals surface area contributed by atoms with Crippen molar-refractivity contribution in [2.75, 3.05) is 5.32 Å².